The van der Waals surface area contributed by atoms with Crippen LogP contribution < -0.4 is 4.80 Å². The Kier molecular flexibility index (Phi) is 5.63. The number of hydrogen-bond donors (Lipinski definition) is 0. The van der Waals surface area contributed by atoms with Gasteiger partial charge in [0.25, 0.3) is 5.91 Å². The fraction of sp³-hybridized carbons (Fsp3) is 0.333. The minimum atomic E-state index is -3.64. The summed E-state index contributed by atoms with van der Waals surface area (Å²) in [6.07, 6.45) is -0.324. The van der Waals surface area contributed by atoms with Crippen LogP contribution in [0.4, 0.5) is 0 Å². The predicted molar refractivity (Wildman–Crippen MR) is 116 cm³/mol. The van der Waals surface area contributed by atoms with Crippen LogP contribution in [0.2, 0.25) is 0 Å². The Labute approximate surface area is 179 Å². The standard InChI is InChI=1S/C21H23N3O4S2/c1-14-12-24(13-15(2)28-14)30(26,27)17-10-8-16(9-11-17)20(25)22-21-23(3)18-6-4-5-7-19(18)29-21/h4-11,14-15H,12-13H2,1-3H3/t14-,15-/m1/s1. The quantitative estimate of drug-likeness (QED) is 0.621. The molecular formula is C21H23N3O4S2. The lowest BCUT2D eigenvalue weighted by atomic mass is 10.2. The highest BCUT2D eigenvalue weighted by Gasteiger charge is 2.32. The normalized spacial score (nSPS) is 21.2. The number of para-hydroxylation sites is 1. The molecule has 4 rings (SSSR count). The second-order valence-electron chi connectivity index (χ2n) is 7.43. The first-order chi connectivity index (χ1) is 14.3. The van der Waals surface area contributed by atoms with Crippen molar-refractivity contribution in [1.82, 2.24) is 8.87 Å². The summed E-state index contributed by atoms with van der Waals surface area (Å²) in [7, 11) is -1.78. The van der Waals surface area contributed by atoms with Crippen molar-refractivity contribution in [1.29, 1.82) is 0 Å². The monoisotopic (exact) mass is 445 g/mol. The zero-order valence-electron chi connectivity index (χ0n) is 17.0. The van der Waals surface area contributed by atoms with Crippen LogP contribution in [-0.4, -0.2) is 48.5 Å². The summed E-state index contributed by atoms with van der Waals surface area (Å²) < 4.78 is 35.9. The van der Waals surface area contributed by atoms with E-state index in [0.717, 1.165) is 10.2 Å². The van der Waals surface area contributed by atoms with Gasteiger partial charge in [-0.25, -0.2) is 8.42 Å². The fourth-order valence-corrected chi connectivity index (χ4v) is 6.19. The molecule has 0 bridgehead atoms. The number of sulfonamides is 1. The molecule has 1 aliphatic heterocycles. The van der Waals surface area contributed by atoms with Gasteiger partial charge >= 0.3 is 0 Å². The summed E-state index contributed by atoms with van der Waals surface area (Å²) in [5.74, 6) is -0.408. The number of carbonyl (C=O) groups is 1. The van der Waals surface area contributed by atoms with Gasteiger partial charge in [0.05, 0.1) is 27.3 Å². The van der Waals surface area contributed by atoms with E-state index < -0.39 is 15.9 Å². The first-order valence-electron chi connectivity index (χ1n) is 9.65. The second kappa shape index (κ2) is 8.07. The first kappa shape index (κ1) is 20.9. The Bertz CT molecular complexity index is 1250. The van der Waals surface area contributed by atoms with E-state index in [2.05, 4.69) is 4.99 Å². The number of ether oxygens (including phenoxy) is 1. The summed E-state index contributed by atoms with van der Waals surface area (Å²) in [5, 5.41) is 0. The highest BCUT2D eigenvalue weighted by molar-refractivity contribution is 7.89. The van der Waals surface area contributed by atoms with Crippen molar-refractivity contribution in [3.8, 4) is 0 Å². The summed E-state index contributed by atoms with van der Waals surface area (Å²) in [6.45, 7) is 4.33. The Morgan fingerprint density at radius 2 is 1.70 bits per heavy atom. The molecule has 0 aliphatic carbocycles. The number of hydrogen-bond acceptors (Lipinski definition) is 5. The Hall–Kier alpha value is -2.33. The first-order valence-corrected chi connectivity index (χ1v) is 11.9. The molecule has 1 amide bonds. The van der Waals surface area contributed by atoms with Crippen LogP contribution in [0.1, 0.15) is 24.2 Å². The maximum atomic E-state index is 13.0. The molecule has 7 nitrogen and oxygen atoms in total. The van der Waals surface area contributed by atoms with Gasteiger partial charge < -0.3 is 9.30 Å². The van der Waals surface area contributed by atoms with Gasteiger partial charge in [0.2, 0.25) is 10.0 Å². The van der Waals surface area contributed by atoms with Crippen molar-refractivity contribution >= 4 is 37.5 Å². The molecule has 3 aromatic rings. The fourth-order valence-electron chi connectivity index (χ4n) is 3.59. The summed E-state index contributed by atoms with van der Waals surface area (Å²) >= 11 is 1.43. The average molecular weight is 446 g/mol. The molecule has 0 unspecified atom stereocenters. The van der Waals surface area contributed by atoms with E-state index in [1.807, 2.05) is 49.7 Å². The zero-order chi connectivity index (χ0) is 21.5. The molecule has 0 spiro atoms. The zero-order valence-corrected chi connectivity index (χ0v) is 18.6. The number of fused-ring (bicyclic) bond motifs is 1. The maximum Gasteiger partial charge on any atom is 0.279 e. The van der Waals surface area contributed by atoms with Gasteiger partial charge in [0, 0.05) is 25.7 Å². The SMILES string of the molecule is C[C@@H]1CN(S(=O)(=O)c2ccc(C(=O)N=c3sc4ccccc4n3C)cc2)C[C@@H](C)O1. The Morgan fingerprint density at radius 1 is 1.07 bits per heavy atom. The molecule has 2 heterocycles. The predicted octanol–water partition coefficient (Wildman–Crippen LogP) is 2.78. The largest absolute Gasteiger partial charge is 0.373 e. The molecule has 0 saturated carbocycles. The lowest BCUT2D eigenvalue weighted by molar-refractivity contribution is -0.0440. The van der Waals surface area contributed by atoms with Crippen LogP contribution in [0.5, 0.6) is 0 Å². The highest BCUT2D eigenvalue weighted by atomic mass is 32.2. The van der Waals surface area contributed by atoms with E-state index in [1.54, 1.807) is 0 Å². The average Bonchev–Trinajstić information content (AvgIpc) is 3.03. The molecule has 1 saturated heterocycles. The van der Waals surface area contributed by atoms with E-state index in [4.69, 9.17) is 4.74 Å². The smallest absolute Gasteiger partial charge is 0.279 e. The number of rotatable bonds is 3. The minimum Gasteiger partial charge on any atom is -0.373 e. The van der Waals surface area contributed by atoms with Gasteiger partial charge in [-0.3, -0.25) is 4.79 Å². The number of benzene rings is 2. The van der Waals surface area contributed by atoms with Crippen molar-refractivity contribution in [2.75, 3.05) is 13.1 Å². The van der Waals surface area contributed by atoms with Crippen LogP contribution in [0.25, 0.3) is 10.2 Å². The number of amides is 1. The van der Waals surface area contributed by atoms with E-state index in [9.17, 15) is 13.2 Å². The van der Waals surface area contributed by atoms with Crippen molar-refractivity contribution < 1.29 is 17.9 Å². The number of aryl methyl sites for hydroxylation is 1. The number of carbonyl (C=O) groups excluding carboxylic acids is 1. The van der Waals surface area contributed by atoms with Crippen molar-refractivity contribution in [2.24, 2.45) is 12.0 Å². The molecule has 1 aliphatic rings. The second-order valence-corrected chi connectivity index (χ2v) is 10.4. The van der Waals surface area contributed by atoms with Gasteiger partial charge in [-0.15, -0.1) is 0 Å². The molecular weight excluding hydrogens is 422 g/mol. The number of nitrogens with zero attached hydrogens (tertiary/aromatic N) is 3. The number of aromatic nitrogens is 1. The van der Waals surface area contributed by atoms with Crippen LogP contribution in [0.3, 0.4) is 0 Å². The molecule has 0 radical (unpaired) electrons. The van der Waals surface area contributed by atoms with Gasteiger partial charge in [0.1, 0.15) is 0 Å². The Morgan fingerprint density at radius 3 is 2.33 bits per heavy atom. The summed E-state index contributed by atoms with van der Waals surface area (Å²) in [6, 6.07) is 13.8. The van der Waals surface area contributed by atoms with E-state index in [-0.39, 0.29) is 17.1 Å². The molecule has 2 aromatic carbocycles. The molecule has 1 aromatic heterocycles. The Balaban J connectivity index is 1.60. The van der Waals surface area contributed by atoms with Gasteiger partial charge in [-0.1, -0.05) is 23.5 Å². The van der Waals surface area contributed by atoms with Crippen molar-refractivity contribution in [3.63, 3.8) is 0 Å². The van der Waals surface area contributed by atoms with Crippen LogP contribution >= 0.6 is 11.3 Å². The molecule has 9 heteroatoms. The van der Waals surface area contributed by atoms with Crippen LogP contribution in [0, 0.1) is 0 Å². The minimum absolute atomic E-state index is 0.160. The summed E-state index contributed by atoms with van der Waals surface area (Å²) in [4.78, 5) is 17.6. The number of morpholine rings is 1. The maximum absolute atomic E-state index is 13.0. The van der Waals surface area contributed by atoms with Crippen molar-refractivity contribution in [3.05, 3.63) is 58.9 Å². The topological polar surface area (TPSA) is 81.0 Å². The molecule has 0 N–H and O–H groups in total. The van der Waals surface area contributed by atoms with E-state index >= 15 is 0 Å². The molecule has 30 heavy (non-hydrogen) atoms. The molecule has 2 atom stereocenters. The van der Waals surface area contributed by atoms with E-state index in [1.165, 1.54) is 39.9 Å². The van der Waals surface area contributed by atoms with Crippen molar-refractivity contribution in [2.45, 2.75) is 31.0 Å². The highest BCUT2D eigenvalue weighted by Crippen LogP contribution is 2.22. The lowest BCUT2D eigenvalue weighted by Crippen LogP contribution is -2.48. The third-order valence-electron chi connectivity index (χ3n) is 5.04. The van der Waals surface area contributed by atoms with Crippen LogP contribution in [0.15, 0.2) is 58.4 Å². The van der Waals surface area contributed by atoms with E-state index in [0.29, 0.717) is 23.5 Å². The van der Waals surface area contributed by atoms with Gasteiger partial charge in [-0.2, -0.15) is 9.30 Å². The molecule has 1 fully saturated rings. The van der Waals surface area contributed by atoms with Gasteiger partial charge in [0.15, 0.2) is 4.80 Å². The van der Waals surface area contributed by atoms with Crippen LogP contribution in [-0.2, 0) is 21.8 Å². The number of thiazole rings is 1. The van der Waals surface area contributed by atoms with Gasteiger partial charge in [-0.05, 0) is 50.2 Å². The summed E-state index contributed by atoms with van der Waals surface area (Å²) in [5.41, 5.74) is 1.35. The third kappa shape index (κ3) is 3.98. The molecule has 158 valence electrons. The lowest BCUT2D eigenvalue weighted by Gasteiger charge is -2.34. The third-order valence-corrected chi connectivity index (χ3v) is 8.00.